The first-order valence-electron chi connectivity index (χ1n) is 8.17. The van der Waals surface area contributed by atoms with Crippen molar-refractivity contribution in [2.75, 3.05) is 24.2 Å². The summed E-state index contributed by atoms with van der Waals surface area (Å²) in [6, 6.07) is 5.65. The van der Waals surface area contributed by atoms with E-state index in [2.05, 4.69) is 6.92 Å². The van der Waals surface area contributed by atoms with Crippen molar-refractivity contribution in [3.05, 3.63) is 29.3 Å². The zero-order valence-corrected chi connectivity index (χ0v) is 14.8. The fourth-order valence-corrected chi connectivity index (χ4v) is 4.32. The number of amides is 1. The molecule has 1 atom stereocenters. The maximum absolute atomic E-state index is 12.7. The number of nitrogens with zero attached hydrogens (tertiary/aromatic N) is 2. The van der Waals surface area contributed by atoms with Gasteiger partial charge in [0.1, 0.15) is 0 Å². The molecule has 1 heterocycles. The molecule has 1 aliphatic heterocycles. The second-order valence-electron chi connectivity index (χ2n) is 6.78. The van der Waals surface area contributed by atoms with E-state index in [0.29, 0.717) is 23.7 Å². The first-order chi connectivity index (χ1) is 10.8. The molecule has 23 heavy (non-hydrogen) atoms. The van der Waals surface area contributed by atoms with Crippen molar-refractivity contribution >= 4 is 21.6 Å². The Morgan fingerprint density at radius 2 is 2.04 bits per heavy atom. The van der Waals surface area contributed by atoms with E-state index in [1.165, 1.54) is 23.4 Å². The molecule has 0 N–H and O–H groups in total. The molecule has 1 aromatic carbocycles. The summed E-state index contributed by atoms with van der Waals surface area (Å²) in [4.78, 5) is 14.5. The molecular weight excluding hydrogens is 312 g/mol. The Morgan fingerprint density at radius 3 is 2.65 bits per heavy atom. The lowest BCUT2D eigenvalue weighted by molar-refractivity contribution is 0.0727. The molecular formula is C17H24N2O3S. The fraction of sp³-hybridized carbons (Fsp3) is 0.588. The van der Waals surface area contributed by atoms with Crippen LogP contribution in [0.5, 0.6) is 0 Å². The van der Waals surface area contributed by atoms with Crippen molar-refractivity contribution in [2.45, 2.75) is 38.6 Å². The van der Waals surface area contributed by atoms with Crippen molar-refractivity contribution in [3.63, 3.8) is 0 Å². The third-order valence-electron chi connectivity index (χ3n) is 5.04. The minimum atomic E-state index is -3.27. The van der Waals surface area contributed by atoms with Crippen LogP contribution in [0.4, 0.5) is 5.69 Å². The number of hydrogen-bond donors (Lipinski definition) is 0. The zero-order chi connectivity index (χ0) is 16.8. The van der Waals surface area contributed by atoms with Gasteiger partial charge in [0.15, 0.2) is 0 Å². The van der Waals surface area contributed by atoms with Gasteiger partial charge >= 0.3 is 0 Å². The summed E-state index contributed by atoms with van der Waals surface area (Å²) in [6.45, 7) is 2.61. The third kappa shape index (κ3) is 3.22. The van der Waals surface area contributed by atoms with E-state index >= 15 is 0 Å². The topological polar surface area (TPSA) is 57.7 Å². The average Bonchev–Trinajstić information content (AvgIpc) is 3.35. The molecule has 1 aliphatic carbocycles. The van der Waals surface area contributed by atoms with Gasteiger partial charge in [-0.1, -0.05) is 0 Å². The molecule has 5 nitrogen and oxygen atoms in total. The Bertz CT molecular complexity index is 725. The van der Waals surface area contributed by atoms with Crippen LogP contribution in [-0.2, 0) is 16.4 Å². The highest BCUT2D eigenvalue weighted by atomic mass is 32.2. The maximum Gasteiger partial charge on any atom is 0.253 e. The van der Waals surface area contributed by atoms with E-state index in [-0.39, 0.29) is 11.9 Å². The van der Waals surface area contributed by atoms with Crippen LogP contribution in [0.2, 0.25) is 0 Å². The highest BCUT2D eigenvalue weighted by Gasteiger charge is 2.33. The number of anilines is 1. The molecule has 3 rings (SSSR count). The van der Waals surface area contributed by atoms with Crippen molar-refractivity contribution in [2.24, 2.45) is 5.92 Å². The van der Waals surface area contributed by atoms with Crippen molar-refractivity contribution in [1.82, 2.24) is 4.90 Å². The Balaban J connectivity index is 1.87. The number of benzene rings is 1. The maximum atomic E-state index is 12.7. The normalized spacial score (nSPS) is 19.2. The van der Waals surface area contributed by atoms with Crippen LogP contribution in [-0.4, -0.2) is 45.1 Å². The predicted molar refractivity (Wildman–Crippen MR) is 91.2 cm³/mol. The molecule has 1 amide bonds. The van der Waals surface area contributed by atoms with Gasteiger partial charge in [-0.25, -0.2) is 8.42 Å². The number of aryl methyl sites for hydroxylation is 1. The van der Waals surface area contributed by atoms with Crippen LogP contribution in [0.25, 0.3) is 0 Å². The summed E-state index contributed by atoms with van der Waals surface area (Å²) in [7, 11) is -1.41. The second kappa shape index (κ2) is 5.82. The van der Waals surface area contributed by atoms with Crippen LogP contribution in [0.1, 0.15) is 42.1 Å². The molecule has 1 fully saturated rings. The Kier molecular flexibility index (Phi) is 4.12. The molecule has 1 aromatic rings. The van der Waals surface area contributed by atoms with Gasteiger partial charge in [-0.2, -0.15) is 0 Å². The molecule has 1 unspecified atom stereocenters. The van der Waals surface area contributed by atoms with E-state index in [0.717, 1.165) is 18.4 Å². The van der Waals surface area contributed by atoms with Gasteiger partial charge in [0.2, 0.25) is 10.0 Å². The highest BCUT2D eigenvalue weighted by Crippen LogP contribution is 2.35. The summed E-state index contributed by atoms with van der Waals surface area (Å²) in [6.07, 6.45) is 5.22. The average molecular weight is 336 g/mol. The van der Waals surface area contributed by atoms with Gasteiger partial charge in [0.05, 0.1) is 11.9 Å². The summed E-state index contributed by atoms with van der Waals surface area (Å²) < 4.78 is 25.2. The van der Waals surface area contributed by atoms with Gasteiger partial charge in [0.25, 0.3) is 5.91 Å². The lowest BCUT2D eigenvalue weighted by atomic mass is 10.00. The molecule has 0 saturated heterocycles. The van der Waals surface area contributed by atoms with E-state index in [1.807, 2.05) is 18.0 Å². The van der Waals surface area contributed by atoms with E-state index < -0.39 is 10.0 Å². The molecule has 1 saturated carbocycles. The smallest absolute Gasteiger partial charge is 0.253 e. The predicted octanol–water partition coefficient (Wildman–Crippen LogP) is 2.27. The van der Waals surface area contributed by atoms with Crippen LogP contribution in [0.3, 0.4) is 0 Å². The minimum Gasteiger partial charge on any atom is -0.339 e. The van der Waals surface area contributed by atoms with Gasteiger partial charge in [0, 0.05) is 25.2 Å². The lowest BCUT2D eigenvalue weighted by Gasteiger charge is -2.30. The molecule has 0 bridgehead atoms. The molecule has 2 aliphatic rings. The molecule has 6 heteroatoms. The van der Waals surface area contributed by atoms with E-state index in [4.69, 9.17) is 0 Å². The first kappa shape index (κ1) is 16.3. The van der Waals surface area contributed by atoms with Gasteiger partial charge in [-0.05, 0) is 62.3 Å². The van der Waals surface area contributed by atoms with Crippen LogP contribution in [0.15, 0.2) is 18.2 Å². The van der Waals surface area contributed by atoms with Crippen LogP contribution < -0.4 is 4.31 Å². The summed E-state index contributed by atoms with van der Waals surface area (Å²) >= 11 is 0. The Labute approximate surface area is 138 Å². The van der Waals surface area contributed by atoms with Crippen LogP contribution >= 0.6 is 0 Å². The summed E-state index contributed by atoms with van der Waals surface area (Å²) in [5.41, 5.74) is 2.31. The monoisotopic (exact) mass is 336 g/mol. The van der Waals surface area contributed by atoms with Gasteiger partial charge in [-0.3, -0.25) is 9.10 Å². The van der Waals surface area contributed by atoms with E-state index in [9.17, 15) is 13.2 Å². The summed E-state index contributed by atoms with van der Waals surface area (Å²) in [5, 5.41) is 0. The number of sulfonamides is 1. The van der Waals surface area contributed by atoms with E-state index in [1.54, 1.807) is 12.1 Å². The molecule has 0 radical (unpaired) electrons. The molecule has 0 aromatic heterocycles. The molecule has 0 spiro atoms. The number of rotatable bonds is 4. The summed E-state index contributed by atoms with van der Waals surface area (Å²) in [5.74, 6) is 0.644. The van der Waals surface area contributed by atoms with Gasteiger partial charge < -0.3 is 4.90 Å². The van der Waals surface area contributed by atoms with Crippen molar-refractivity contribution in [1.29, 1.82) is 0 Å². The van der Waals surface area contributed by atoms with Gasteiger partial charge in [-0.15, -0.1) is 0 Å². The highest BCUT2D eigenvalue weighted by molar-refractivity contribution is 7.92. The SMILES string of the molecule is CC(C1CC1)N(C)C(=O)c1ccc2c(c1)CCCN2S(C)(=O)=O. The van der Waals surface area contributed by atoms with Crippen molar-refractivity contribution in [3.8, 4) is 0 Å². The zero-order valence-electron chi connectivity index (χ0n) is 13.9. The Morgan fingerprint density at radius 1 is 1.35 bits per heavy atom. The minimum absolute atomic E-state index is 0.0173. The number of carbonyl (C=O) groups is 1. The first-order valence-corrected chi connectivity index (χ1v) is 10.0. The lowest BCUT2D eigenvalue weighted by Crippen LogP contribution is -2.37. The number of carbonyl (C=O) groups excluding carboxylic acids is 1. The van der Waals surface area contributed by atoms with Crippen LogP contribution in [0, 0.1) is 5.92 Å². The number of hydrogen-bond acceptors (Lipinski definition) is 3. The Hall–Kier alpha value is -1.56. The number of fused-ring (bicyclic) bond motifs is 1. The largest absolute Gasteiger partial charge is 0.339 e. The van der Waals surface area contributed by atoms with Crippen molar-refractivity contribution < 1.29 is 13.2 Å². The third-order valence-corrected chi connectivity index (χ3v) is 6.22. The second-order valence-corrected chi connectivity index (χ2v) is 8.68. The standard InChI is InChI=1S/C17H24N2O3S/c1-12(13-6-7-13)18(2)17(20)15-8-9-16-14(11-15)5-4-10-19(16)23(3,21)22/h8-9,11-13H,4-7,10H2,1-3H3. The quantitative estimate of drug-likeness (QED) is 0.847. The fourth-order valence-electron chi connectivity index (χ4n) is 3.32. The molecule has 126 valence electrons.